The zero-order chi connectivity index (χ0) is 15.0. The maximum absolute atomic E-state index is 13.4. The molecule has 0 saturated heterocycles. The molecule has 0 spiro atoms. The minimum Gasteiger partial charge on any atom is -0.478 e. The second-order valence-corrected chi connectivity index (χ2v) is 5.35. The van der Waals surface area contributed by atoms with Crippen LogP contribution >= 0.6 is 0 Å². The third kappa shape index (κ3) is 2.37. The fourth-order valence-corrected chi connectivity index (χ4v) is 2.95. The van der Waals surface area contributed by atoms with Crippen molar-refractivity contribution < 1.29 is 14.3 Å². The number of fused-ring (bicyclic) bond motifs is 1. The van der Waals surface area contributed by atoms with E-state index in [4.69, 9.17) is 0 Å². The van der Waals surface area contributed by atoms with Crippen LogP contribution in [0.4, 0.5) is 15.8 Å². The summed E-state index contributed by atoms with van der Waals surface area (Å²) in [6.45, 7) is 2.06. The molecule has 1 heterocycles. The summed E-state index contributed by atoms with van der Waals surface area (Å²) in [6, 6.07) is 12.1. The van der Waals surface area contributed by atoms with Gasteiger partial charge in [-0.15, -0.1) is 0 Å². The van der Waals surface area contributed by atoms with Gasteiger partial charge in [0.25, 0.3) is 0 Å². The molecule has 2 aromatic rings. The van der Waals surface area contributed by atoms with Gasteiger partial charge in [-0.05, 0) is 49.6 Å². The van der Waals surface area contributed by atoms with Crippen LogP contribution in [0.1, 0.15) is 29.3 Å². The van der Waals surface area contributed by atoms with Gasteiger partial charge in [0.05, 0.1) is 11.3 Å². The van der Waals surface area contributed by atoms with Crippen LogP contribution in [-0.4, -0.2) is 17.1 Å². The van der Waals surface area contributed by atoms with Gasteiger partial charge >= 0.3 is 5.97 Å². The first-order valence-electron chi connectivity index (χ1n) is 6.98. The van der Waals surface area contributed by atoms with Crippen LogP contribution in [-0.2, 0) is 6.42 Å². The van der Waals surface area contributed by atoms with Crippen LogP contribution < -0.4 is 4.90 Å². The number of carboxylic acids is 1. The molecule has 1 aliphatic rings. The number of hydrogen-bond acceptors (Lipinski definition) is 2. The van der Waals surface area contributed by atoms with Gasteiger partial charge in [-0.3, -0.25) is 0 Å². The number of nitrogens with zero attached hydrogens (tertiary/aromatic N) is 1. The molecule has 1 N–H and O–H groups in total. The molecular formula is C17H16FNO2. The molecule has 3 rings (SSSR count). The van der Waals surface area contributed by atoms with E-state index in [1.54, 1.807) is 6.07 Å². The minimum atomic E-state index is -1.11. The molecule has 1 unspecified atom stereocenters. The molecule has 3 nitrogen and oxygen atoms in total. The fraction of sp³-hybridized carbons (Fsp3) is 0.235. The molecule has 1 atom stereocenters. The number of para-hydroxylation sites is 1. The molecule has 0 radical (unpaired) electrons. The van der Waals surface area contributed by atoms with Crippen LogP contribution in [0.2, 0.25) is 0 Å². The molecule has 4 heteroatoms. The predicted octanol–water partition coefficient (Wildman–Crippen LogP) is 4.00. The number of benzene rings is 2. The monoisotopic (exact) mass is 285 g/mol. The summed E-state index contributed by atoms with van der Waals surface area (Å²) in [5.41, 5.74) is 2.74. The third-order valence-corrected chi connectivity index (χ3v) is 3.97. The van der Waals surface area contributed by atoms with E-state index in [1.165, 1.54) is 11.6 Å². The van der Waals surface area contributed by atoms with Crippen molar-refractivity contribution in [3.8, 4) is 0 Å². The molecule has 0 aromatic heterocycles. The van der Waals surface area contributed by atoms with E-state index in [1.807, 2.05) is 23.1 Å². The number of carboxylic acid groups (broad SMARTS) is 1. The lowest BCUT2D eigenvalue weighted by molar-refractivity contribution is 0.0697. The highest BCUT2D eigenvalue weighted by atomic mass is 19.1. The minimum absolute atomic E-state index is 0.00134. The molecule has 108 valence electrons. The molecule has 0 amide bonds. The first-order valence-corrected chi connectivity index (χ1v) is 6.98. The predicted molar refractivity (Wildman–Crippen MR) is 79.7 cm³/mol. The van der Waals surface area contributed by atoms with Crippen LogP contribution in [0, 0.1) is 5.82 Å². The van der Waals surface area contributed by atoms with Gasteiger partial charge in [-0.2, -0.15) is 0 Å². The largest absolute Gasteiger partial charge is 0.478 e. The Labute approximate surface area is 122 Å². The number of anilines is 2. The molecule has 1 aliphatic heterocycles. The summed E-state index contributed by atoms with van der Waals surface area (Å²) >= 11 is 0. The Kier molecular flexibility index (Phi) is 3.37. The molecular weight excluding hydrogens is 269 g/mol. The van der Waals surface area contributed by atoms with Crippen molar-refractivity contribution in [2.24, 2.45) is 0 Å². The highest BCUT2D eigenvalue weighted by molar-refractivity contribution is 5.96. The van der Waals surface area contributed by atoms with Crippen LogP contribution in [0.5, 0.6) is 0 Å². The van der Waals surface area contributed by atoms with Gasteiger partial charge in [0.1, 0.15) is 5.82 Å². The number of halogens is 1. The van der Waals surface area contributed by atoms with Crippen molar-refractivity contribution in [3.05, 3.63) is 59.4 Å². The number of aromatic carboxylic acids is 1. The molecule has 0 saturated carbocycles. The van der Waals surface area contributed by atoms with Crippen molar-refractivity contribution in [1.82, 2.24) is 0 Å². The zero-order valence-corrected chi connectivity index (χ0v) is 11.7. The standard InChI is InChI=1S/C17H16FNO2/c1-11-6-7-12-4-2-3-5-15(12)19(11)16-9-8-13(18)10-14(16)17(20)21/h2-5,8-11H,6-7H2,1H3,(H,20,21). The first kappa shape index (κ1) is 13.6. The Bertz CT molecular complexity index is 699. The van der Waals surface area contributed by atoms with Crippen molar-refractivity contribution in [2.45, 2.75) is 25.8 Å². The lowest BCUT2D eigenvalue weighted by Crippen LogP contribution is -2.34. The lowest BCUT2D eigenvalue weighted by atomic mass is 9.95. The Morgan fingerprint density at radius 3 is 2.76 bits per heavy atom. The van der Waals surface area contributed by atoms with Gasteiger partial charge in [-0.25, -0.2) is 9.18 Å². The van der Waals surface area contributed by atoms with Crippen molar-refractivity contribution in [3.63, 3.8) is 0 Å². The fourth-order valence-electron chi connectivity index (χ4n) is 2.95. The van der Waals surface area contributed by atoms with Gasteiger partial charge in [0.2, 0.25) is 0 Å². The van der Waals surface area contributed by atoms with Crippen molar-refractivity contribution in [2.75, 3.05) is 4.90 Å². The lowest BCUT2D eigenvalue weighted by Gasteiger charge is -2.37. The summed E-state index contributed by atoms with van der Waals surface area (Å²) in [6.07, 6.45) is 1.91. The highest BCUT2D eigenvalue weighted by Gasteiger charge is 2.27. The van der Waals surface area contributed by atoms with E-state index in [2.05, 4.69) is 13.0 Å². The Morgan fingerprint density at radius 1 is 1.24 bits per heavy atom. The average Bonchev–Trinajstić information content (AvgIpc) is 2.47. The summed E-state index contributed by atoms with van der Waals surface area (Å²) < 4.78 is 13.4. The number of rotatable bonds is 2. The molecule has 2 aromatic carbocycles. The van der Waals surface area contributed by atoms with Gasteiger partial charge in [-0.1, -0.05) is 18.2 Å². The summed E-state index contributed by atoms with van der Waals surface area (Å²) in [4.78, 5) is 13.4. The van der Waals surface area contributed by atoms with Crippen molar-refractivity contribution in [1.29, 1.82) is 0 Å². The zero-order valence-electron chi connectivity index (χ0n) is 11.7. The van der Waals surface area contributed by atoms with E-state index in [-0.39, 0.29) is 11.6 Å². The van der Waals surface area contributed by atoms with E-state index >= 15 is 0 Å². The molecule has 21 heavy (non-hydrogen) atoms. The smallest absolute Gasteiger partial charge is 0.337 e. The Hall–Kier alpha value is -2.36. The van der Waals surface area contributed by atoms with Crippen LogP contribution in [0.15, 0.2) is 42.5 Å². The maximum atomic E-state index is 13.4. The van der Waals surface area contributed by atoms with E-state index in [0.29, 0.717) is 5.69 Å². The van der Waals surface area contributed by atoms with Crippen LogP contribution in [0.25, 0.3) is 0 Å². The van der Waals surface area contributed by atoms with E-state index < -0.39 is 11.8 Å². The van der Waals surface area contributed by atoms with Gasteiger partial charge < -0.3 is 10.0 Å². The Morgan fingerprint density at radius 2 is 2.00 bits per heavy atom. The van der Waals surface area contributed by atoms with Gasteiger partial charge in [0.15, 0.2) is 0 Å². The summed E-state index contributed by atoms with van der Waals surface area (Å²) in [5, 5.41) is 9.36. The highest BCUT2D eigenvalue weighted by Crippen LogP contribution is 2.38. The topological polar surface area (TPSA) is 40.5 Å². The van der Waals surface area contributed by atoms with Crippen molar-refractivity contribution >= 4 is 17.3 Å². The quantitative estimate of drug-likeness (QED) is 0.906. The molecule has 0 bridgehead atoms. The Balaban J connectivity index is 2.18. The molecule has 0 aliphatic carbocycles. The number of hydrogen-bond donors (Lipinski definition) is 1. The normalized spacial score (nSPS) is 17.4. The maximum Gasteiger partial charge on any atom is 0.337 e. The summed E-state index contributed by atoms with van der Waals surface area (Å²) in [5.74, 6) is -1.64. The average molecular weight is 285 g/mol. The van der Waals surface area contributed by atoms with Crippen LogP contribution in [0.3, 0.4) is 0 Å². The molecule has 0 fully saturated rings. The van der Waals surface area contributed by atoms with E-state index in [9.17, 15) is 14.3 Å². The second kappa shape index (κ2) is 5.20. The second-order valence-electron chi connectivity index (χ2n) is 5.35. The first-order chi connectivity index (χ1) is 10.1. The van der Waals surface area contributed by atoms with E-state index in [0.717, 1.165) is 24.6 Å². The van der Waals surface area contributed by atoms with Gasteiger partial charge in [0, 0.05) is 11.7 Å². The third-order valence-electron chi connectivity index (χ3n) is 3.97. The number of carbonyl (C=O) groups is 1. The SMILES string of the molecule is CC1CCc2ccccc2N1c1ccc(F)cc1C(=O)O. The number of aryl methyl sites for hydroxylation is 1. The summed E-state index contributed by atoms with van der Waals surface area (Å²) in [7, 11) is 0.